The second-order valence-corrected chi connectivity index (χ2v) is 0. The summed E-state index contributed by atoms with van der Waals surface area (Å²) in [6.45, 7) is 0. The zero-order chi connectivity index (χ0) is 0. The third-order valence-corrected chi connectivity index (χ3v) is 0. The first-order chi connectivity index (χ1) is 0. The molecule has 3 radical (unpaired) electrons. The predicted molar refractivity (Wildman–Crippen MR) is 0 cm³/mol. The van der Waals surface area contributed by atoms with Crippen LogP contribution in [-0.4, -0.2) is 0 Å². The number of rotatable bonds is 0. The SMILES string of the molecule is [Co].[Cu].[Ni].[Re]. The van der Waals surface area contributed by atoms with Crippen LogP contribution in [0, 0.1) is 0 Å². The summed E-state index contributed by atoms with van der Waals surface area (Å²) in [6, 6.07) is 0. The minimum absolute atomic E-state index is 0. The zero-order valence-corrected chi connectivity index (χ0v) is 7.02. The molecule has 4 heavy (non-hydrogen) atoms. The Hall–Kier alpha value is 2.18. The monoisotopic (exact) mass is 367 g/mol. The Kier molecular flexibility index (Phi) is 166. The van der Waals surface area contributed by atoms with E-state index in [1.807, 2.05) is 0 Å². The van der Waals surface area contributed by atoms with Crippen molar-refractivity contribution in [1.82, 2.24) is 0 Å². The maximum atomic E-state index is 0. The summed E-state index contributed by atoms with van der Waals surface area (Å²) in [6.07, 6.45) is 0. The van der Waals surface area contributed by atoms with Gasteiger partial charge in [0.25, 0.3) is 0 Å². The van der Waals surface area contributed by atoms with E-state index in [4.69, 9.17) is 0 Å². The molecule has 0 aromatic carbocycles. The Balaban J connectivity index is 0. The molecule has 0 aliphatic carbocycles. The Morgan fingerprint density at radius 2 is 1.00 bits per heavy atom. The summed E-state index contributed by atoms with van der Waals surface area (Å²) in [5, 5.41) is 0. The van der Waals surface area contributed by atoms with E-state index < -0.39 is 0 Å². The molecule has 37 valence electrons. The molecule has 0 aromatic rings. The summed E-state index contributed by atoms with van der Waals surface area (Å²) < 4.78 is 0. The molecule has 0 unspecified atom stereocenters. The molecule has 4 heteroatoms. The van der Waals surface area contributed by atoms with Crippen LogP contribution >= 0.6 is 0 Å². The molecule has 0 amide bonds. The maximum absolute atomic E-state index is 0. The van der Waals surface area contributed by atoms with Crippen molar-refractivity contribution in [2.75, 3.05) is 0 Å². The van der Waals surface area contributed by atoms with Crippen molar-refractivity contribution in [2.24, 2.45) is 0 Å². The molecule has 0 nitrogen and oxygen atoms in total. The summed E-state index contributed by atoms with van der Waals surface area (Å²) >= 11 is 0. The van der Waals surface area contributed by atoms with Gasteiger partial charge >= 0.3 is 0 Å². The molecule has 0 aliphatic heterocycles. The van der Waals surface area contributed by atoms with Crippen molar-refractivity contribution in [2.45, 2.75) is 0 Å². The fourth-order valence-electron chi connectivity index (χ4n) is 0. The van der Waals surface area contributed by atoms with Gasteiger partial charge in [-0.25, -0.2) is 0 Å². The minimum atomic E-state index is 0. The molecule has 0 spiro atoms. The van der Waals surface area contributed by atoms with Crippen molar-refractivity contribution in [3.63, 3.8) is 0 Å². The first kappa shape index (κ1) is 34.9. The van der Waals surface area contributed by atoms with Gasteiger partial charge in [0.2, 0.25) is 0 Å². The van der Waals surface area contributed by atoms with Crippen LogP contribution in [0.25, 0.3) is 0 Å². The molecule has 0 saturated carbocycles. The molecular formula is CoCuNiRe. The van der Waals surface area contributed by atoms with Gasteiger partial charge < -0.3 is 0 Å². The van der Waals surface area contributed by atoms with Gasteiger partial charge in [-0.05, 0) is 0 Å². The molecule has 0 aliphatic rings. The van der Waals surface area contributed by atoms with Crippen LogP contribution in [0.5, 0.6) is 0 Å². The van der Waals surface area contributed by atoms with Gasteiger partial charge in [-0.15, -0.1) is 0 Å². The van der Waals surface area contributed by atoms with Crippen molar-refractivity contribution >= 4 is 0 Å². The molecule has 0 N–H and O–H groups in total. The second kappa shape index (κ2) is 19.0. The Bertz CT molecular complexity index is 8.00. The standard InChI is InChI=1S/Co.Cu.Ni.Re. The van der Waals surface area contributed by atoms with Crippen LogP contribution in [0.15, 0.2) is 0 Å². The molecule has 0 heterocycles. The van der Waals surface area contributed by atoms with Gasteiger partial charge in [-0.3, -0.25) is 0 Å². The number of hydrogen-bond donors (Lipinski definition) is 0. The normalized spacial score (nSPS) is 0. The Morgan fingerprint density at radius 1 is 1.00 bits per heavy atom. The van der Waals surface area contributed by atoms with E-state index in [0.29, 0.717) is 0 Å². The first-order valence-electron chi connectivity index (χ1n) is 0. The first-order valence-corrected chi connectivity index (χ1v) is 0. The van der Waals surface area contributed by atoms with Crippen molar-refractivity contribution in [3.05, 3.63) is 0 Å². The van der Waals surface area contributed by atoms with Gasteiger partial charge in [-0.1, -0.05) is 0 Å². The van der Waals surface area contributed by atoms with Crippen molar-refractivity contribution in [3.8, 4) is 0 Å². The van der Waals surface area contributed by atoms with Gasteiger partial charge in [-0.2, -0.15) is 0 Å². The van der Waals surface area contributed by atoms with Crippen LogP contribution in [0.3, 0.4) is 0 Å². The average molecular weight is 367 g/mol. The van der Waals surface area contributed by atoms with Crippen LogP contribution in [0.2, 0.25) is 0 Å². The molecule has 0 atom stereocenters. The van der Waals surface area contributed by atoms with E-state index in [0.717, 1.165) is 0 Å². The van der Waals surface area contributed by atoms with Crippen LogP contribution in [0.4, 0.5) is 0 Å². The van der Waals surface area contributed by atoms with Crippen LogP contribution < -0.4 is 0 Å². The average Bonchev–Trinajstić information content (AvgIpc) is 0. The second-order valence-electron chi connectivity index (χ2n) is 0. The summed E-state index contributed by atoms with van der Waals surface area (Å²) in [7, 11) is 0. The summed E-state index contributed by atoms with van der Waals surface area (Å²) in [5.74, 6) is 0. The molecule has 0 fully saturated rings. The molecular weight excluding hydrogens is 367 g/mol. The van der Waals surface area contributed by atoms with Crippen LogP contribution in [0.1, 0.15) is 0 Å². The van der Waals surface area contributed by atoms with Gasteiger partial charge in [0.1, 0.15) is 0 Å². The third kappa shape index (κ3) is 8.89. The van der Waals surface area contributed by atoms with E-state index in [2.05, 4.69) is 0 Å². The zero-order valence-electron chi connectivity index (χ0n) is 1.33. The fourth-order valence-corrected chi connectivity index (χ4v) is 0. The third-order valence-electron chi connectivity index (χ3n) is 0. The minimum Gasteiger partial charge on any atom is 0 e. The van der Waals surface area contributed by atoms with Crippen LogP contribution in [-0.2, 0) is 70.8 Å². The molecule has 0 rings (SSSR count). The summed E-state index contributed by atoms with van der Waals surface area (Å²) in [4.78, 5) is 0. The maximum Gasteiger partial charge on any atom is 0 e. The molecule has 0 saturated heterocycles. The fraction of sp³-hybridized carbons (Fsp3) is 0. The van der Waals surface area contributed by atoms with E-state index >= 15 is 0 Å². The quantitative estimate of drug-likeness (QED) is 0.529. The smallest absolute Gasteiger partial charge is 0 e. The van der Waals surface area contributed by atoms with E-state index in [1.165, 1.54) is 0 Å². The van der Waals surface area contributed by atoms with Crippen molar-refractivity contribution < 1.29 is 70.8 Å². The predicted octanol–water partition coefficient (Wildman–Crippen LogP) is -0.0100. The molecule has 0 bridgehead atoms. The number of hydrogen-bond acceptors (Lipinski definition) is 0. The topological polar surface area (TPSA) is 0 Å². The van der Waals surface area contributed by atoms with Gasteiger partial charge in [0.15, 0.2) is 0 Å². The Labute approximate surface area is 70.1 Å². The van der Waals surface area contributed by atoms with Gasteiger partial charge in [0.05, 0.1) is 0 Å². The van der Waals surface area contributed by atoms with Gasteiger partial charge in [0, 0.05) is 70.8 Å². The van der Waals surface area contributed by atoms with E-state index in [9.17, 15) is 0 Å². The molecule has 0 aromatic heterocycles. The van der Waals surface area contributed by atoms with Crippen molar-refractivity contribution in [1.29, 1.82) is 0 Å². The summed E-state index contributed by atoms with van der Waals surface area (Å²) in [5.41, 5.74) is 0. The Morgan fingerprint density at radius 3 is 1.00 bits per heavy atom. The van der Waals surface area contributed by atoms with E-state index in [1.54, 1.807) is 0 Å². The van der Waals surface area contributed by atoms with E-state index in [-0.39, 0.29) is 70.8 Å². The largest absolute Gasteiger partial charge is 0 e.